The van der Waals surface area contributed by atoms with Crippen molar-refractivity contribution in [2.75, 3.05) is 32.2 Å². The van der Waals surface area contributed by atoms with E-state index < -0.39 is 6.10 Å². The molecule has 0 saturated heterocycles. The lowest BCUT2D eigenvalue weighted by molar-refractivity contribution is 0.0324. The molecule has 2 aromatic rings. The van der Waals surface area contributed by atoms with E-state index in [1.807, 2.05) is 31.3 Å². The van der Waals surface area contributed by atoms with E-state index in [0.717, 1.165) is 17.0 Å². The molecule has 0 saturated carbocycles. The normalized spacial score (nSPS) is 12.0. The fourth-order valence-corrected chi connectivity index (χ4v) is 2.74. The maximum atomic E-state index is 10.2. The number of likely N-dealkylation sites (N-methyl/N-ethyl adjacent to an activating group) is 1. The van der Waals surface area contributed by atoms with Crippen LogP contribution in [0.5, 0.6) is 5.75 Å². The van der Waals surface area contributed by atoms with Crippen molar-refractivity contribution in [1.29, 1.82) is 0 Å². The number of rotatable bonds is 8. The minimum atomic E-state index is -0.533. The average Bonchev–Trinajstić information content (AvgIpc) is 2.55. The predicted octanol–water partition coefficient (Wildman–Crippen LogP) is 3.33. The molecule has 0 bridgehead atoms. The fraction of sp³-hybridized carbons (Fsp3) is 0.400. The van der Waals surface area contributed by atoms with Gasteiger partial charge in [-0.25, -0.2) is 0 Å². The standard InChI is InChI=1S/C20H27NO3/c1-15-5-10-20(16(2)11-15)21(3)12-18(22)14-24-13-17-6-8-19(23-4)9-7-17/h5-11,18,22H,12-14H2,1-4H3. The van der Waals surface area contributed by atoms with Crippen LogP contribution in [-0.2, 0) is 11.3 Å². The molecule has 0 amide bonds. The Morgan fingerprint density at radius 3 is 2.42 bits per heavy atom. The average molecular weight is 329 g/mol. The van der Waals surface area contributed by atoms with Crippen LogP contribution in [0.15, 0.2) is 42.5 Å². The SMILES string of the molecule is COc1ccc(COCC(O)CN(C)c2ccc(C)cc2C)cc1. The van der Waals surface area contributed by atoms with Crippen LogP contribution in [0.4, 0.5) is 5.69 Å². The summed E-state index contributed by atoms with van der Waals surface area (Å²) in [5.41, 5.74) is 4.65. The highest BCUT2D eigenvalue weighted by Gasteiger charge is 2.11. The Morgan fingerprint density at radius 2 is 1.79 bits per heavy atom. The third-order valence-electron chi connectivity index (χ3n) is 3.99. The van der Waals surface area contributed by atoms with Gasteiger partial charge in [-0.3, -0.25) is 0 Å². The van der Waals surface area contributed by atoms with Crippen LogP contribution >= 0.6 is 0 Å². The van der Waals surface area contributed by atoms with E-state index in [9.17, 15) is 5.11 Å². The highest BCUT2D eigenvalue weighted by molar-refractivity contribution is 5.53. The Hall–Kier alpha value is -2.04. The van der Waals surface area contributed by atoms with Crippen molar-refractivity contribution in [3.8, 4) is 5.75 Å². The van der Waals surface area contributed by atoms with Crippen molar-refractivity contribution in [3.05, 3.63) is 59.2 Å². The molecule has 4 heteroatoms. The molecule has 24 heavy (non-hydrogen) atoms. The largest absolute Gasteiger partial charge is 0.497 e. The third-order valence-corrected chi connectivity index (χ3v) is 3.99. The summed E-state index contributed by atoms with van der Waals surface area (Å²) in [5.74, 6) is 0.828. The van der Waals surface area contributed by atoms with Crippen LogP contribution in [0.1, 0.15) is 16.7 Å². The van der Waals surface area contributed by atoms with Gasteiger partial charge in [0.15, 0.2) is 0 Å². The van der Waals surface area contributed by atoms with Crippen LogP contribution in [0, 0.1) is 13.8 Å². The molecule has 2 rings (SSSR count). The molecule has 0 aliphatic rings. The molecule has 0 aromatic heterocycles. The number of aliphatic hydroxyl groups is 1. The van der Waals surface area contributed by atoms with E-state index >= 15 is 0 Å². The number of anilines is 1. The predicted molar refractivity (Wildman–Crippen MR) is 97.8 cm³/mol. The number of aryl methyl sites for hydroxylation is 2. The van der Waals surface area contributed by atoms with Gasteiger partial charge in [0.05, 0.1) is 26.4 Å². The van der Waals surface area contributed by atoms with Gasteiger partial charge in [0, 0.05) is 19.3 Å². The number of methoxy groups -OCH3 is 1. The first-order chi connectivity index (χ1) is 11.5. The maximum Gasteiger partial charge on any atom is 0.118 e. The third kappa shape index (κ3) is 5.25. The van der Waals surface area contributed by atoms with E-state index in [4.69, 9.17) is 9.47 Å². The number of ether oxygens (including phenoxy) is 2. The number of benzene rings is 2. The lowest BCUT2D eigenvalue weighted by Gasteiger charge is -2.24. The Bertz CT molecular complexity index is 640. The molecule has 0 radical (unpaired) electrons. The maximum absolute atomic E-state index is 10.2. The van der Waals surface area contributed by atoms with Crippen molar-refractivity contribution in [1.82, 2.24) is 0 Å². The molecule has 0 aliphatic heterocycles. The molecular weight excluding hydrogens is 302 g/mol. The summed E-state index contributed by atoms with van der Waals surface area (Å²) in [6.07, 6.45) is -0.533. The second kappa shape index (κ2) is 8.71. The van der Waals surface area contributed by atoms with Crippen molar-refractivity contribution in [3.63, 3.8) is 0 Å². The fourth-order valence-electron chi connectivity index (χ4n) is 2.74. The summed E-state index contributed by atoms with van der Waals surface area (Å²) in [6, 6.07) is 14.1. The Labute approximate surface area is 144 Å². The lowest BCUT2D eigenvalue weighted by atomic mass is 10.1. The van der Waals surface area contributed by atoms with Gasteiger partial charge in [0.2, 0.25) is 0 Å². The minimum absolute atomic E-state index is 0.307. The highest BCUT2D eigenvalue weighted by Crippen LogP contribution is 2.20. The Kier molecular flexibility index (Phi) is 6.64. The number of aliphatic hydroxyl groups excluding tert-OH is 1. The summed E-state index contributed by atoms with van der Waals surface area (Å²) < 4.78 is 10.8. The molecule has 0 heterocycles. The van der Waals surface area contributed by atoms with Crippen LogP contribution in [-0.4, -0.2) is 38.5 Å². The zero-order valence-electron chi connectivity index (χ0n) is 15.0. The van der Waals surface area contributed by atoms with Crippen LogP contribution in [0.2, 0.25) is 0 Å². The number of hydrogen-bond donors (Lipinski definition) is 1. The van der Waals surface area contributed by atoms with Crippen LogP contribution in [0.3, 0.4) is 0 Å². The molecule has 0 fully saturated rings. The van der Waals surface area contributed by atoms with Crippen molar-refractivity contribution in [2.45, 2.75) is 26.6 Å². The van der Waals surface area contributed by atoms with Gasteiger partial charge in [-0.15, -0.1) is 0 Å². The first-order valence-corrected chi connectivity index (χ1v) is 8.16. The number of hydrogen-bond acceptors (Lipinski definition) is 4. The molecule has 0 aliphatic carbocycles. The summed E-state index contributed by atoms with van der Waals surface area (Å²) in [7, 11) is 3.64. The van der Waals surface area contributed by atoms with Gasteiger partial charge in [-0.05, 0) is 43.2 Å². The molecule has 1 atom stereocenters. The van der Waals surface area contributed by atoms with Crippen molar-refractivity contribution < 1.29 is 14.6 Å². The molecule has 1 N–H and O–H groups in total. The first-order valence-electron chi connectivity index (χ1n) is 8.16. The van der Waals surface area contributed by atoms with Crippen molar-refractivity contribution in [2.24, 2.45) is 0 Å². The second-order valence-corrected chi connectivity index (χ2v) is 6.19. The van der Waals surface area contributed by atoms with Gasteiger partial charge >= 0.3 is 0 Å². The highest BCUT2D eigenvalue weighted by atomic mass is 16.5. The first kappa shape index (κ1) is 18.3. The molecule has 4 nitrogen and oxygen atoms in total. The van der Waals surface area contributed by atoms with Gasteiger partial charge in [0.25, 0.3) is 0 Å². The van der Waals surface area contributed by atoms with Gasteiger partial charge in [-0.2, -0.15) is 0 Å². The zero-order valence-corrected chi connectivity index (χ0v) is 15.0. The minimum Gasteiger partial charge on any atom is -0.497 e. The summed E-state index contributed by atoms with van der Waals surface area (Å²) in [5, 5.41) is 10.2. The summed E-state index contributed by atoms with van der Waals surface area (Å²) in [6.45, 7) is 5.49. The summed E-state index contributed by atoms with van der Waals surface area (Å²) >= 11 is 0. The topological polar surface area (TPSA) is 41.9 Å². The van der Waals surface area contributed by atoms with Gasteiger partial charge in [-0.1, -0.05) is 29.8 Å². The molecule has 2 aromatic carbocycles. The monoisotopic (exact) mass is 329 g/mol. The molecule has 1 unspecified atom stereocenters. The van der Waals surface area contributed by atoms with E-state index in [0.29, 0.717) is 19.8 Å². The number of nitrogens with zero attached hydrogens (tertiary/aromatic N) is 1. The lowest BCUT2D eigenvalue weighted by Crippen LogP contribution is -2.32. The Balaban J connectivity index is 1.78. The molecular formula is C20H27NO3. The quantitative estimate of drug-likeness (QED) is 0.807. The Morgan fingerprint density at radius 1 is 1.08 bits per heavy atom. The van der Waals surface area contributed by atoms with E-state index in [1.165, 1.54) is 11.1 Å². The van der Waals surface area contributed by atoms with Crippen LogP contribution in [0.25, 0.3) is 0 Å². The second-order valence-electron chi connectivity index (χ2n) is 6.19. The van der Waals surface area contributed by atoms with Gasteiger partial charge in [0.1, 0.15) is 5.75 Å². The van der Waals surface area contributed by atoms with E-state index in [2.05, 4.69) is 36.9 Å². The van der Waals surface area contributed by atoms with Crippen LogP contribution < -0.4 is 9.64 Å². The molecule has 0 spiro atoms. The van der Waals surface area contributed by atoms with E-state index in [1.54, 1.807) is 7.11 Å². The van der Waals surface area contributed by atoms with Gasteiger partial charge < -0.3 is 19.5 Å². The van der Waals surface area contributed by atoms with Crippen molar-refractivity contribution >= 4 is 5.69 Å². The van der Waals surface area contributed by atoms with E-state index in [-0.39, 0.29) is 0 Å². The smallest absolute Gasteiger partial charge is 0.118 e. The zero-order chi connectivity index (χ0) is 17.5. The molecule has 130 valence electrons. The summed E-state index contributed by atoms with van der Waals surface area (Å²) in [4.78, 5) is 2.07.